The Morgan fingerprint density at radius 3 is 1.54 bits per heavy atom. The molecule has 0 spiro atoms. The highest BCUT2D eigenvalue weighted by Crippen LogP contribution is 2.21. The summed E-state index contributed by atoms with van der Waals surface area (Å²) in [6.45, 7) is 5.57. The van der Waals surface area contributed by atoms with Gasteiger partial charge in [-0.05, 0) is 64.9 Å². The summed E-state index contributed by atoms with van der Waals surface area (Å²) in [5.74, 6) is 0.889. The third-order valence-corrected chi connectivity index (χ3v) is 12.8. The number of H-pyrrole nitrogens is 4. The summed E-state index contributed by atoms with van der Waals surface area (Å²) in [6, 6.07) is 33.3. The van der Waals surface area contributed by atoms with E-state index in [-0.39, 0.29) is 56.8 Å². The molecule has 6 aromatic heterocycles. The average Bonchev–Trinajstić information content (AvgIpc) is 3.33. The summed E-state index contributed by atoms with van der Waals surface area (Å²) in [5, 5.41) is 2.33. The Bertz CT molecular complexity index is 3630. The lowest BCUT2D eigenvalue weighted by Gasteiger charge is -2.05. The second-order valence-electron chi connectivity index (χ2n) is 14.4. The third-order valence-electron chi connectivity index (χ3n) is 9.79. The Balaban J connectivity index is 0.000000180. The molecule has 3 aromatic carbocycles. The molecule has 20 heteroatoms. The van der Waals surface area contributed by atoms with Crippen LogP contribution < -0.4 is 33.6 Å². The van der Waals surface area contributed by atoms with Crippen molar-refractivity contribution in [1.82, 2.24) is 29.9 Å². The summed E-state index contributed by atoms with van der Waals surface area (Å²) < 4.78 is 27.5. The third kappa shape index (κ3) is 14.3. The maximum atomic E-state index is 12.4. The van der Waals surface area contributed by atoms with E-state index in [1.807, 2.05) is 99.6 Å². The van der Waals surface area contributed by atoms with Crippen LogP contribution in [0.5, 0.6) is 0 Å². The quantitative estimate of drug-likeness (QED) is 0.0433. The normalized spacial score (nSPS) is 11.0. The first-order valence-corrected chi connectivity index (χ1v) is 24.8. The lowest BCUT2D eigenvalue weighted by atomic mass is 10.1. The molecule has 16 nitrogen and oxygen atoms in total. The van der Waals surface area contributed by atoms with E-state index in [1.54, 1.807) is 0 Å². The van der Waals surface area contributed by atoms with Gasteiger partial charge in [0.15, 0.2) is 9.93 Å². The number of aryl methyl sites for hydroxylation is 3. The van der Waals surface area contributed by atoms with Gasteiger partial charge in [-0.15, -0.1) is 0 Å². The summed E-state index contributed by atoms with van der Waals surface area (Å²) in [4.78, 5) is 89.0. The van der Waals surface area contributed by atoms with Crippen LogP contribution in [0.15, 0.2) is 162 Å². The minimum absolute atomic E-state index is 0. The molecule has 0 saturated heterocycles. The van der Waals surface area contributed by atoms with Crippen LogP contribution in [0.3, 0.4) is 0 Å². The second-order valence-corrected chi connectivity index (χ2v) is 17.7. The Kier molecular flexibility index (Phi) is 19.6. The molecule has 0 aliphatic rings. The second kappa shape index (κ2) is 25.5. The first kappa shape index (κ1) is 53.1. The molecule has 0 aliphatic carbocycles. The Hall–Kier alpha value is -6.87. The van der Waals surface area contributed by atoms with Crippen LogP contribution in [0.25, 0.3) is 33.3 Å². The smallest absolute Gasteiger partial charge is 0.337 e. The van der Waals surface area contributed by atoms with Gasteiger partial charge in [-0.2, -0.15) is 9.97 Å². The van der Waals surface area contributed by atoms with E-state index in [9.17, 15) is 33.0 Å². The summed E-state index contributed by atoms with van der Waals surface area (Å²) >= 11 is 9.53. The molecule has 0 fully saturated rings. The number of rotatable bonds is 10. The number of benzene rings is 3. The maximum Gasteiger partial charge on any atom is 0.337 e. The van der Waals surface area contributed by atoms with Crippen molar-refractivity contribution in [2.24, 2.45) is 0 Å². The lowest BCUT2D eigenvalue weighted by molar-refractivity contribution is 0.540. The molecule has 0 amide bonds. The number of thioether (sulfide) groups is 1. The molecular weight excluding hydrogens is 1010 g/mol. The highest BCUT2D eigenvalue weighted by Gasteiger charge is 2.16. The van der Waals surface area contributed by atoms with Gasteiger partial charge in [-0.25, -0.2) is 14.4 Å². The van der Waals surface area contributed by atoms with Crippen LogP contribution in [0.1, 0.15) is 61.6 Å². The van der Waals surface area contributed by atoms with Crippen molar-refractivity contribution >= 4 is 84.0 Å². The first-order chi connectivity index (χ1) is 32.8. The van der Waals surface area contributed by atoms with Crippen molar-refractivity contribution < 1.29 is 17.5 Å². The average molecular weight is 1060 g/mol. The fourth-order valence-corrected chi connectivity index (χ4v) is 8.93. The Labute approximate surface area is 413 Å². The Morgan fingerprint density at radius 2 is 1.03 bits per heavy atom. The zero-order valence-corrected chi connectivity index (χ0v) is 40.8. The van der Waals surface area contributed by atoms with Gasteiger partial charge in [0.1, 0.15) is 16.2 Å². The Morgan fingerprint density at radius 1 is 0.580 bits per heavy atom. The molecule has 0 saturated carbocycles. The van der Waals surface area contributed by atoms with Gasteiger partial charge in [0.2, 0.25) is 22.3 Å². The van der Waals surface area contributed by atoms with Crippen LogP contribution in [-0.2, 0) is 46.9 Å². The van der Waals surface area contributed by atoms with Gasteiger partial charge in [0.25, 0.3) is 16.7 Å². The minimum Gasteiger partial charge on any atom is -0.405 e. The number of alkyl halides is 1. The highest BCUT2D eigenvalue weighted by molar-refractivity contribution is 9.08. The van der Waals surface area contributed by atoms with E-state index in [0.717, 1.165) is 16.5 Å². The number of nitrogens with zero attached hydrogens (tertiary/aromatic N) is 2. The number of hydrogen-bond donors (Lipinski definition) is 4. The monoisotopic (exact) mass is 1050 g/mol. The number of aromatic amines is 4. The molecular formula is C49H47BrN6O10S3. The van der Waals surface area contributed by atoms with Crippen LogP contribution in [0, 0.1) is 4.77 Å². The van der Waals surface area contributed by atoms with E-state index in [2.05, 4.69) is 58.0 Å². The van der Waals surface area contributed by atoms with Gasteiger partial charge in [0.05, 0.1) is 16.6 Å². The SMILES string of the molecule is BrCc1ccccc1.C.CCc1cc(=O)oc2[nH]c(=S)[nH]c(=O)c12.CCc1cc(=O)oc2nc(S(=O)Cc3ccccc3)[nH]c(=O)c12.CCc1cc(=O)oc2nc(SCc3ccccc3)[nH]c(=O)c12. The molecule has 69 heavy (non-hydrogen) atoms. The van der Waals surface area contributed by atoms with Gasteiger partial charge in [-0.3, -0.25) is 28.6 Å². The van der Waals surface area contributed by atoms with Crippen molar-refractivity contribution in [1.29, 1.82) is 0 Å². The van der Waals surface area contributed by atoms with E-state index >= 15 is 0 Å². The van der Waals surface area contributed by atoms with Crippen molar-refractivity contribution in [3.8, 4) is 0 Å². The summed E-state index contributed by atoms with van der Waals surface area (Å²) in [6.07, 6.45) is 1.65. The van der Waals surface area contributed by atoms with Crippen LogP contribution in [0.2, 0.25) is 0 Å². The zero-order chi connectivity index (χ0) is 48.7. The van der Waals surface area contributed by atoms with Gasteiger partial charge in [0, 0.05) is 29.3 Å². The van der Waals surface area contributed by atoms with Gasteiger partial charge >= 0.3 is 16.9 Å². The molecule has 358 valence electrons. The predicted molar refractivity (Wildman–Crippen MR) is 277 cm³/mol. The fourth-order valence-electron chi connectivity index (χ4n) is 6.54. The van der Waals surface area contributed by atoms with Gasteiger partial charge < -0.3 is 23.2 Å². The van der Waals surface area contributed by atoms with Gasteiger partial charge in [-0.1, -0.05) is 147 Å². The summed E-state index contributed by atoms with van der Waals surface area (Å²) in [7, 11) is -1.54. The number of nitrogens with one attached hydrogen (secondary N) is 4. The van der Waals surface area contributed by atoms with Crippen molar-refractivity contribution in [2.45, 2.75) is 74.6 Å². The molecule has 9 aromatic rings. The molecule has 1 atom stereocenters. The van der Waals surface area contributed by atoms with Crippen molar-refractivity contribution in [3.63, 3.8) is 0 Å². The van der Waals surface area contributed by atoms with E-state index < -0.39 is 33.2 Å². The largest absolute Gasteiger partial charge is 0.405 e. The predicted octanol–water partition coefficient (Wildman–Crippen LogP) is 8.80. The van der Waals surface area contributed by atoms with Crippen LogP contribution in [-0.4, -0.2) is 34.1 Å². The maximum absolute atomic E-state index is 12.4. The molecule has 6 heterocycles. The number of aromatic nitrogens is 6. The summed E-state index contributed by atoms with van der Waals surface area (Å²) in [5.41, 5.74) is 2.71. The molecule has 1 unspecified atom stereocenters. The molecule has 0 bridgehead atoms. The molecule has 9 rings (SSSR count). The zero-order valence-electron chi connectivity index (χ0n) is 36.7. The van der Waals surface area contributed by atoms with Crippen LogP contribution >= 0.6 is 39.9 Å². The van der Waals surface area contributed by atoms with Crippen LogP contribution in [0.4, 0.5) is 0 Å². The van der Waals surface area contributed by atoms with E-state index in [0.29, 0.717) is 57.6 Å². The fraction of sp³-hybridized carbons (Fsp3) is 0.204. The first-order valence-electron chi connectivity index (χ1n) is 20.9. The van der Waals surface area contributed by atoms with Crippen molar-refractivity contribution in [2.75, 3.05) is 0 Å². The van der Waals surface area contributed by atoms with E-state index in [4.69, 9.17) is 25.5 Å². The standard InChI is InChI=1S/C16H14N2O4S.C16H14N2O3S.C9H8N2O3S.C7H7Br.CH4/c1-2-11-8-12(19)22-15-13(11)14(20)17-16(18-15)23(21)9-10-6-4-3-5-7-10;1-2-11-8-12(19)21-15-13(11)14(20)17-16(18-15)22-9-10-6-4-3-5-7-10;1-2-4-3-5(12)14-8-6(4)7(13)10-9(15)11-8;8-6-7-4-2-1-3-5-7;/h3-8H,2,9H2,1H3,(H,17,18,20);3-8H,2,9H2,1H3,(H,17,18,20);3H,2H2,1H3,(H2,10,11,13,15);1-5H,6H2;1H4. The molecule has 4 N–H and O–H groups in total. The molecule has 0 aliphatic heterocycles. The van der Waals surface area contributed by atoms with Crippen molar-refractivity contribution in [3.05, 3.63) is 210 Å². The molecule has 0 radical (unpaired) electrons. The highest BCUT2D eigenvalue weighted by atomic mass is 79.9. The topological polar surface area (TPSA) is 248 Å². The number of hydrogen-bond acceptors (Lipinski definition) is 14. The number of fused-ring (bicyclic) bond motifs is 3. The lowest BCUT2D eigenvalue weighted by Crippen LogP contribution is -2.17. The number of halogens is 1. The van der Waals surface area contributed by atoms with E-state index in [1.165, 1.54) is 35.5 Å². The minimum atomic E-state index is -1.54.